The van der Waals surface area contributed by atoms with Gasteiger partial charge in [0.2, 0.25) is 0 Å². The number of anilines is 1. The van der Waals surface area contributed by atoms with Crippen LogP contribution in [0.5, 0.6) is 0 Å². The van der Waals surface area contributed by atoms with Gasteiger partial charge in [-0.05, 0) is 126 Å². The molecule has 1 saturated heterocycles. The molecule has 1 unspecified atom stereocenters. The minimum Gasteiger partial charge on any atom is -0.383 e. The highest BCUT2D eigenvalue weighted by Crippen LogP contribution is 2.31. The molecule has 1 amide bonds. The number of aryl methyl sites for hydroxylation is 2. The number of halogens is 3. The molecule has 5 nitrogen and oxygen atoms in total. The van der Waals surface area contributed by atoms with E-state index in [1.165, 1.54) is 35.1 Å². The number of nitrogens with zero attached hydrogens (tertiary/aromatic N) is 3. The van der Waals surface area contributed by atoms with Crippen LogP contribution < -0.4 is 5.32 Å². The highest BCUT2D eigenvalue weighted by molar-refractivity contribution is 6.04. The Morgan fingerprint density at radius 1 is 0.921 bits per heavy atom. The predicted octanol–water partition coefficient (Wildman–Crippen LogP) is 16.4. The molecule has 0 saturated carbocycles. The van der Waals surface area contributed by atoms with Crippen molar-refractivity contribution in [1.29, 1.82) is 0 Å². The molecule has 63 heavy (non-hydrogen) atoms. The largest absolute Gasteiger partial charge is 0.416 e. The average Bonchev–Trinajstić information content (AvgIpc) is 3.22. The van der Waals surface area contributed by atoms with Crippen molar-refractivity contribution < 1.29 is 18.0 Å². The van der Waals surface area contributed by atoms with E-state index in [2.05, 4.69) is 120 Å². The first-order chi connectivity index (χ1) is 29.6. The van der Waals surface area contributed by atoms with Crippen LogP contribution in [0.1, 0.15) is 168 Å². The van der Waals surface area contributed by atoms with Crippen molar-refractivity contribution in [1.82, 2.24) is 14.7 Å². The molecule has 0 radical (unpaired) electrons. The van der Waals surface area contributed by atoms with Gasteiger partial charge >= 0.3 is 6.18 Å². The highest BCUT2D eigenvalue weighted by Gasteiger charge is 2.32. The minimum absolute atomic E-state index is 0.0254. The Labute approximate surface area is 387 Å². The Morgan fingerprint density at radius 2 is 1.46 bits per heavy atom. The van der Waals surface area contributed by atoms with E-state index in [0.717, 1.165) is 76.0 Å². The van der Waals surface area contributed by atoms with Crippen LogP contribution in [0.4, 0.5) is 18.9 Å². The number of alkyl halides is 3. The number of piperazine rings is 1. The molecule has 0 bridgehead atoms. The standard InChI is InChI=1S/C27H36F3N3O.C9H17N.C7H12.C4H8.2C3H8.C2H6/c1-5-19(2)6-7-22-8-9-25(14-20(22)3)31-26(34)23-15-21(16-24(17-23)27(28,29)30)18-33-12-10-32(4)11-13-33;1-5-6-7-9(2)8-10(3)4;1-4-7(5-2)6-3;1-4(2)3;2*1-3-2;1-2/h8-9,14-17,19H,5-7,10-13,18H2,1-4H3,(H,31,34);6-8H,5H2,1-4H3;4-5H,1,6H2,2-3H3;1H2,2-3H3;2*3H2,1-2H3;1-2H3/b;7-6+,9-8-;7-5+;;;;. The lowest BCUT2D eigenvalue weighted by molar-refractivity contribution is -0.137. The van der Waals surface area contributed by atoms with Gasteiger partial charge in [0.25, 0.3) is 5.91 Å². The molecule has 1 heterocycles. The topological polar surface area (TPSA) is 38.8 Å². The molecule has 1 aliphatic heterocycles. The first-order valence-corrected chi connectivity index (χ1v) is 23.6. The van der Waals surface area contributed by atoms with Crippen molar-refractivity contribution in [3.05, 3.63) is 125 Å². The molecule has 8 heteroatoms. The van der Waals surface area contributed by atoms with E-state index in [-0.39, 0.29) is 5.56 Å². The van der Waals surface area contributed by atoms with E-state index in [1.807, 2.05) is 87.0 Å². The summed E-state index contributed by atoms with van der Waals surface area (Å²) in [5.41, 5.74) is 6.41. The molecular formula is C55H95F3N4O. The Balaban J connectivity index is -0.000000487. The minimum atomic E-state index is -4.51. The lowest BCUT2D eigenvalue weighted by Crippen LogP contribution is -2.43. The Kier molecular flexibility index (Phi) is 42.6. The maximum Gasteiger partial charge on any atom is 0.416 e. The van der Waals surface area contributed by atoms with Crippen molar-refractivity contribution in [2.24, 2.45) is 5.92 Å². The second-order valence-corrected chi connectivity index (χ2v) is 16.3. The molecule has 0 spiro atoms. The van der Waals surface area contributed by atoms with Gasteiger partial charge in [-0.25, -0.2) is 0 Å². The second-order valence-electron chi connectivity index (χ2n) is 16.3. The van der Waals surface area contributed by atoms with Crippen LogP contribution in [0.2, 0.25) is 0 Å². The SMILES string of the molecule is C=C(C)C.C=C/C(=C\C)CC.CC.CC/C=C/C(C)=C\N(C)C.CCC.CCC.CCC(C)CCc1ccc(NC(=O)c2cc(CN3CCN(C)CC3)cc(C(F)(F)F)c2)cc1C. The Hall–Kier alpha value is -3.88. The van der Waals surface area contributed by atoms with Gasteiger partial charge < -0.3 is 15.1 Å². The summed E-state index contributed by atoms with van der Waals surface area (Å²) in [6, 6.07) is 9.40. The van der Waals surface area contributed by atoms with Gasteiger partial charge in [0.05, 0.1) is 5.56 Å². The summed E-state index contributed by atoms with van der Waals surface area (Å²) in [6.45, 7) is 42.2. The summed E-state index contributed by atoms with van der Waals surface area (Å²) >= 11 is 0. The normalized spacial score (nSPS) is 13.2. The monoisotopic (exact) mass is 885 g/mol. The number of hydrogen-bond donors (Lipinski definition) is 1. The maximum absolute atomic E-state index is 13.6. The predicted molar refractivity (Wildman–Crippen MR) is 276 cm³/mol. The zero-order chi connectivity index (χ0) is 49.6. The number of carbonyl (C=O) groups is 1. The van der Waals surface area contributed by atoms with Gasteiger partial charge in [0, 0.05) is 64.3 Å². The van der Waals surface area contributed by atoms with E-state index in [1.54, 1.807) is 6.07 Å². The summed E-state index contributed by atoms with van der Waals surface area (Å²) < 4.78 is 40.7. The number of carbonyl (C=O) groups excluding carboxylic acids is 1. The lowest BCUT2D eigenvalue weighted by atomic mass is 9.96. The summed E-state index contributed by atoms with van der Waals surface area (Å²) in [6.07, 6.45) is 13.8. The third-order valence-electron chi connectivity index (χ3n) is 8.91. The van der Waals surface area contributed by atoms with Gasteiger partial charge in [-0.1, -0.05) is 137 Å². The molecule has 0 aliphatic carbocycles. The molecule has 2 aromatic rings. The highest BCUT2D eigenvalue weighted by atomic mass is 19.4. The van der Waals surface area contributed by atoms with Gasteiger partial charge in [-0.3, -0.25) is 9.69 Å². The fourth-order valence-electron chi connectivity index (χ4n) is 5.43. The maximum atomic E-state index is 13.6. The summed E-state index contributed by atoms with van der Waals surface area (Å²) in [5, 5.41) is 2.79. The molecule has 1 atom stereocenters. The van der Waals surface area contributed by atoms with E-state index < -0.39 is 17.6 Å². The summed E-state index contributed by atoms with van der Waals surface area (Å²) in [7, 11) is 6.09. The van der Waals surface area contributed by atoms with Gasteiger partial charge in [-0.2, -0.15) is 13.2 Å². The number of nitrogens with one attached hydrogen (secondary N) is 1. The zero-order valence-electron chi connectivity index (χ0n) is 43.7. The molecule has 1 N–H and O–H groups in total. The van der Waals surface area contributed by atoms with Gasteiger partial charge in [0.1, 0.15) is 0 Å². The summed E-state index contributed by atoms with van der Waals surface area (Å²) in [5.74, 6) is 0.122. The average molecular weight is 885 g/mol. The van der Waals surface area contributed by atoms with E-state index in [4.69, 9.17) is 0 Å². The molecule has 3 rings (SSSR count). The van der Waals surface area contributed by atoms with Crippen molar-refractivity contribution in [3.8, 4) is 0 Å². The second kappa shape index (κ2) is 40.9. The number of hydrogen-bond acceptors (Lipinski definition) is 4. The number of amides is 1. The molecule has 1 fully saturated rings. The lowest BCUT2D eigenvalue weighted by Gasteiger charge is -2.32. The van der Waals surface area contributed by atoms with Crippen LogP contribution in [-0.4, -0.2) is 67.9 Å². The fraction of sp³-hybridized carbons (Fsp3) is 0.582. The van der Waals surface area contributed by atoms with Crippen LogP contribution in [0, 0.1) is 12.8 Å². The van der Waals surface area contributed by atoms with E-state index >= 15 is 0 Å². The Bertz CT molecular complexity index is 1560. The Morgan fingerprint density at radius 3 is 1.86 bits per heavy atom. The van der Waals surface area contributed by atoms with Gasteiger partial charge in [0.15, 0.2) is 0 Å². The van der Waals surface area contributed by atoms with Crippen molar-refractivity contribution >= 4 is 11.6 Å². The number of allylic oxidation sites excluding steroid dienone is 7. The van der Waals surface area contributed by atoms with Gasteiger partial charge in [-0.15, -0.1) is 6.58 Å². The zero-order valence-corrected chi connectivity index (χ0v) is 43.7. The quantitative estimate of drug-likeness (QED) is 0.161. The first kappa shape index (κ1) is 65.7. The number of rotatable bonds is 13. The van der Waals surface area contributed by atoms with E-state index in [0.29, 0.717) is 23.7 Å². The number of benzene rings is 2. The van der Waals surface area contributed by atoms with Crippen molar-refractivity contribution in [2.45, 2.75) is 162 Å². The van der Waals surface area contributed by atoms with Crippen LogP contribution in [0.25, 0.3) is 0 Å². The van der Waals surface area contributed by atoms with Crippen LogP contribution in [0.3, 0.4) is 0 Å². The fourth-order valence-corrected chi connectivity index (χ4v) is 5.43. The van der Waals surface area contributed by atoms with Crippen molar-refractivity contribution in [2.75, 3.05) is 52.6 Å². The van der Waals surface area contributed by atoms with E-state index in [9.17, 15) is 18.0 Å². The smallest absolute Gasteiger partial charge is 0.383 e. The molecule has 362 valence electrons. The molecule has 0 aromatic heterocycles. The van der Waals surface area contributed by atoms with Crippen LogP contribution >= 0.6 is 0 Å². The van der Waals surface area contributed by atoms with Crippen LogP contribution in [0.15, 0.2) is 96.8 Å². The molecule has 1 aliphatic rings. The van der Waals surface area contributed by atoms with Crippen molar-refractivity contribution in [3.63, 3.8) is 0 Å². The molecule has 2 aromatic carbocycles. The number of likely N-dealkylation sites (N-methyl/N-ethyl adjacent to an activating group) is 1. The third-order valence-corrected chi connectivity index (χ3v) is 8.91. The van der Waals surface area contributed by atoms with Crippen LogP contribution in [-0.2, 0) is 19.1 Å². The third kappa shape index (κ3) is 37.2. The first-order valence-electron chi connectivity index (χ1n) is 23.6. The molecular weight excluding hydrogens is 790 g/mol. The summed E-state index contributed by atoms with van der Waals surface area (Å²) in [4.78, 5) is 19.3.